The Labute approximate surface area is 123 Å². The van der Waals surface area contributed by atoms with Gasteiger partial charge in [-0.2, -0.15) is 0 Å². The van der Waals surface area contributed by atoms with E-state index in [2.05, 4.69) is 29.0 Å². The molecule has 0 spiro atoms. The molecule has 0 aromatic rings. The number of nitrogens with one attached hydrogen (secondary N) is 1. The van der Waals surface area contributed by atoms with Crippen molar-refractivity contribution in [1.29, 1.82) is 0 Å². The SMILES string of the molecule is CCCCC(CC)CN1CCN(C2CCNCC2)C1=O. The van der Waals surface area contributed by atoms with E-state index < -0.39 is 0 Å². The van der Waals surface area contributed by atoms with Gasteiger partial charge in [0.2, 0.25) is 0 Å². The molecule has 1 unspecified atom stereocenters. The van der Waals surface area contributed by atoms with Gasteiger partial charge in [-0.25, -0.2) is 4.79 Å². The fourth-order valence-corrected chi connectivity index (χ4v) is 3.46. The number of nitrogens with zero attached hydrogens (tertiary/aromatic N) is 2. The minimum Gasteiger partial charge on any atom is -0.323 e. The Kier molecular flexibility index (Phi) is 6.14. The second kappa shape index (κ2) is 7.87. The second-order valence-electron chi connectivity index (χ2n) is 6.32. The number of hydrogen-bond donors (Lipinski definition) is 1. The van der Waals surface area contributed by atoms with Crippen LogP contribution in [0.15, 0.2) is 0 Å². The lowest BCUT2D eigenvalue weighted by Gasteiger charge is -2.31. The number of urea groups is 1. The lowest BCUT2D eigenvalue weighted by Crippen LogP contribution is -2.45. The van der Waals surface area contributed by atoms with Crippen molar-refractivity contribution in [3.8, 4) is 0 Å². The van der Waals surface area contributed by atoms with Gasteiger partial charge in [-0.1, -0.05) is 33.1 Å². The van der Waals surface area contributed by atoms with Crippen molar-refractivity contribution in [2.75, 3.05) is 32.7 Å². The first kappa shape index (κ1) is 15.6. The Bertz CT molecular complexity index is 302. The molecule has 0 aromatic carbocycles. The number of hydrogen-bond acceptors (Lipinski definition) is 2. The molecule has 20 heavy (non-hydrogen) atoms. The van der Waals surface area contributed by atoms with Gasteiger partial charge in [0.05, 0.1) is 0 Å². The van der Waals surface area contributed by atoms with E-state index >= 15 is 0 Å². The number of piperidine rings is 1. The van der Waals surface area contributed by atoms with E-state index in [1.807, 2.05) is 0 Å². The highest BCUT2D eigenvalue weighted by atomic mass is 16.2. The molecule has 0 radical (unpaired) electrons. The number of carbonyl (C=O) groups excluding carboxylic acids is 1. The smallest absolute Gasteiger partial charge is 0.320 e. The van der Waals surface area contributed by atoms with Gasteiger partial charge in [0.15, 0.2) is 0 Å². The predicted octanol–water partition coefficient (Wildman–Crippen LogP) is 2.69. The Balaban J connectivity index is 1.83. The van der Waals surface area contributed by atoms with Gasteiger partial charge in [-0.05, 0) is 38.3 Å². The van der Waals surface area contributed by atoms with E-state index in [1.54, 1.807) is 0 Å². The van der Waals surface area contributed by atoms with E-state index in [4.69, 9.17) is 0 Å². The van der Waals surface area contributed by atoms with Gasteiger partial charge in [-0.15, -0.1) is 0 Å². The van der Waals surface area contributed by atoms with E-state index in [9.17, 15) is 4.79 Å². The minimum absolute atomic E-state index is 0.298. The zero-order valence-corrected chi connectivity index (χ0v) is 13.2. The van der Waals surface area contributed by atoms with Crippen molar-refractivity contribution in [1.82, 2.24) is 15.1 Å². The molecule has 2 amide bonds. The molecule has 1 N–H and O–H groups in total. The van der Waals surface area contributed by atoms with Crippen LogP contribution >= 0.6 is 0 Å². The van der Waals surface area contributed by atoms with Crippen LogP contribution in [0, 0.1) is 5.92 Å². The van der Waals surface area contributed by atoms with Crippen molar-refractivity contribution in [3.63, 3.8) is 0 Å². The van der Waals surface area contributed by atoms with Gasteiger partial charge < -0.3 is 15.1 Å². The molecule has 0 bridgehead atoms. The molecule has 4 heteroatoms. The van der Waals surface area contributed by atoms with E-state index in [-0.39, 0.29) is 0 Å². The molecule has 2 saturated heterocycles. The Morgan fingerprint density at radius 1 is 1.25 bits per heavy atom. The third kappa shape index (κ3) is 3.87. The summed E-state index contributed by atoms with van der Waals surface area (Å²) in [6.45, 7) is 9.46. The topological polar surface area (TPSA) is 35.6 Å². The normalized spacial score (nSPS) is 22.6. The molecule has 2 aliphatic rings. The summed E-state index contributed by atoms with van der Waals surface area (Å²) in [6, 6.07) is 0.774. The van der Waals surface area contributed by atoms with Crippen LogP contribution in [-0.4, -0.2) is 54.6 Å². The monoisotopic (exact) mass is 281 g/mol. The van der Waals surface area contributed by atoms with Crippen LogP contribution in [0.25, 0.3) is 0 Å². The summed E-state index contributed by atoms with van der Waals surface area (Å²) >= 11 is 0. The van der Waals surface area contributed by atoms with Crippen LogP contribution in [0.1, 0.15) is 52.4 Å². The fraction of sp³-hybridized carbons (Fsp3) is 0.938. The summed E-state index contributed by atoms with van der Waals surface area (Å²) in [7, 11) is 0. The van der Waals surface area contributed by atoms with Crippen molar-refractivity contribution < 1.29 is 4.79 Å². The fourth-order valence-electron chi connectivity index (χ4n) is 3.46. The highest BCUT2D eigenvalue weighted by Crippen LogP contribution is 2.22. The van der Waals surface area contributed by atoms with E-state index in [0.29, 0.717) is 18.0 Å². The number of unbranched alkanes of at least 4 members (excludes halogenated alkanes) is 1. The van der Waals surface area contributed by atoms with Crippen LogP contribution in [-0.2, 0) is 0 Å². The van der Waals surface area contributed by atoms with Crippen molar-refractivity contribution in [2.24, 2.45) is 5.92 Å². The second-order valence-corrected chi connectivity index (χ2v) is 6.32. The molecule has 0 saturated carbocycles. The maximum absolute atomic E-state index is 12.6. The van der Waals surface area contributed by atoms with Crippen LogP contribution in [0.2, 0.25) is 0 Å². The Hall–Kier alpha value is -0.770. The molecule has 2 rings (SSSR count). The lowest BCUT2D eigenvalue weighted by molar-refractivity contribution is 0.160. The highest BCUT2D eigenvalue weighted by molar-refractivity contribution is 5.76. The van der Waals surface area contributed by atoms with E-state index in [0.717, 1.165) is 45.6 Å². The zero-order valence-electron chi connectivity index (χ0n) is 13.2. The van der Waals surface area contributed by atoms with Crippen molar-refractivity contribution >= 4 is 6.03 Å². The molecule has 2 heterocycles. The van der Waals surface area contributed by atoms with Gasteiger partial charge in [0, 0.05) is 25.7 Å². The third-order valence-corrected chi connectivity index (χ3v) is 4.90. The summed E-state index contributed by atoms with van der Waals surface area (Å²) < 4.78 is 0. The number of rotatable bonds is 7. The van der Waals surface area contributed by atoms with Crippen LogP contribution in [0.4, 0.5) is 4.79 Å². The molecule has 1 atom stereocenters. The lowest BCUT2D eigenvalue weighted by atomic mass is 9.99. The standard InChI is InChI=1S/C16H31N3O/c1-3-5-6-14(4-2)13-18-11-12-19(16(18)20)15-7-9-17-10-8-15/h14-15,17H,3-13H2,1-2H3. The van der Waals surface area contributed by atoms with Gasteiger partial charge in [0.1, 0.15) is 0 Å². The summed E-state index contributed by atoms with van der Waals surface area (Å²) in [6.07, 6.45) is 7.24. The van der Waals surface area contributed by atoms with E-state index in [1.165, 1.54) is 25.7 Å². The highest BCUT2D eigenvalue weighted by Gasteiger charge is 2.34. The number of carbonyl (C=O) groups is 1. The van der Waals surface area contributed by atoms with Crippen LogP contribution in [0.5, 0.6) is 0 Å². The quantitative estimate of drug-likeness (QED) is 0.779. The largest absolute Gasteiger partial charge is 0.323 e. The summed E-state index contributed by atoms with van der Waals surface area (Å²) in [5, 5.41) is 3.38. The maximum Gasteiger partial charge on any atom is 0.320 e. The molecule has 116 valence electrons. The molecule has 0 aliphatic carbocycles. The van der Waals surface area contributed by atoms with Crippen LogP contribution < -0.4 is 5.32 Å². The van der Waals surface area contributed by atoms with Gasteiger partial charge in [0.25, 0.3) is 0 Å². The third-order valence-electron chi connectivity index (χ3n) is 4.90. The van der Waals surface area contributed by atoms with Crippen molar-refractivity contribution in [2.45, 2.75) is 58.4 Å². The maximum atomic E-state index is 12.6. The molecular weight excluding hydrogens is 250 g/mol. The summed E-state index contributed by atoms with van der Waals surface area (Å²) in [5.41, 5.74) is 0. The minimum atomic E-state index is 0.298. The molecular formula is C16H31N3O. The Morgan fingerprint density at radius 3 is 2.65 bits per heavy atom. The van der Waals surface area contributed by atoms with Gasteiger partial charge >= 0.3 is 6.03 Å². The average Bonchev–Trinajstić information content (AvgIpc) is 2.85. The molecule has 2 aliphatic heterocycles. The molecule has 2 fully saturated rings. The Morgan fingerprint density at radius 2 is 2.00 bits per heavy atom. The molecule has 0 aromatic heterocycles. The first-order chi connectivity index (χ1) is 9.76. The molecule has 4 nitrogen and oxygen atoms in total. The first-order valence-electron chi connectivity index (χ1n) is 8.52. The number of amides is 2. The zero-order chi connectivity index (χ0) is 14.4. The summed E-state index contributed by atoms with van der Waals surface area (Å²) in [4.78, 5) is 16.8. The summed E-state index contributed by atoms with van der Waals surface area (Å²) in [5.74, 6) is 0.687. The predicted molar refractivity (Wildman–Crippen MR) is 82.9 cm³/mol. The van der Waals surface area contributed by atoms with Gasteiger partial charge in [-0.3, -0.25) is 0 Å². The average molecular weight is 281 g/mol. The first-order valence-corrected chi connectivity index (χ1v) is 8.52. The van der Waals surface area contributed by atoms with Crippen molar-refractivity contribution in [3.05, 3.63) is 0 Å². The van der Waals surface area contributed by atoms with Crippen LogP contribution in [0.3, 0.4) is 0 Å².